The van der Waals surface area contributed by atoms with Crippen molar-refractivity contribution in [2.24, 2.45) is 0 Å². The third-order valence-electron chi connectivity index (χ3n) is 4.30. The normalized spacial score (nSPS) is 12.7. The molecule has 0 aromatic carbocycles. The number of hydrogen-bond donors (Lipinski definition) is 0. The van der Waals surface area contributed by atoms with E-state index in [1.807, 2.05) is 6.92 Å². The van der Waals surface area contributed by atoms with E-state index in [-0.39, 0.29) is 29.6 Å². The van der Waals surface area contributed by atoms with Crippen LogP contribution in [-0.2, 0) is 19.3 Å². The summed E-state index contributed by atoms with van der Waals surface area (Å²) in [7, 11) is -4.69. The molecule has 26 heavy (non-hydrogen) atoms. The molecule has 0 radical (unpaired) electrons. The van der Waals surface area contributed by atoms with Crippen LogP contribution < -0.4 is 29.6 Å². The molecule has 1 atom stereocenters. The standard InChI is InChI=1S/C19H40O5S.Na/c1-3-5-6-7-8-9-10-11-12-13-14-15-16-18-23-19(17-4-2)24-25(20,21)22;/h19H,3-18H2,1-2H3,(H,20,21,22);/q;+1/p-1. The predicted molar refractivity (Wildman–Crippen MR) is 101 cm³/mol. The Morgan fingerprint density at radius 3 is 1.54 bits per heavy atom. The van der Waals surface area contributed by atoms with Crippen LogP contribution in [0.2, 0.25) is 0 Å². The van der Waals surface area contributed by atoms with Gasteiger partial charge in [0.15, 0.2) is 6.29 Å². The zero-order valence-electron chi connectivity index (χ0n) is 17.3. The van der Waals surface area contributed by atoms with Crippen molar-refractivity contribution >= 4 is 10.4 Å². The van der Waals surface area contributed by atoms with Gasteiger partial charge in [-0.05, 0) is 12.8 Å². The van der Waals surface area contributed by atoms with Crippen LogP contribution in [0.25, 0.3) is 0 Å². The molecular formula is C19H39NaO5S. The fraction of sp³-hybridized carbons (Fsp3) is 1.00. The third-order valence-corrected chi connectivity index (χ3v) is 4.75. The molecule has 0 rings (SSSR count). The SMILES string of the molecule is CCCCCCCCCCCCCCCOC(CCC)OS(=O)(=O)[O-].[Na+]. The van der Waals surface area contributed by atoms with Crippen LogP contribution >= 0.6 is 0 Å². The molecule has 0 aliphatic rings. The molecule has 7 heteroatoms. The van der Waals surface area contributed by atoms with Gasteiger partial charge >= 0.3 is 29.6 Å². The predicted octanol–water partition coefficient (Wildman–Crippen LogP) is 2.70. The molecular weight excluding hydrogens is 363 g/mol. The summed E-state index contributed by atoms with van der Waals surface area (Å²) in [5.74, 6) is 0. The van der Waals surface area contributed by atoms with E-state index >= 15 is 0 Å². The first-order valence-electron chi connectivity index (χ1n) is 10.2. The first-order chi connectivity index (χ1) is 12.0. The van der Waals surface area contributed by atoms with Crippen molar-refractivity contribution in [1.29, 1.82) is 0 Å². The fourth-order valence-corrected chi connectivity index (χ4v) is 3.28. The van der Waals surface area contributed by atoms with Crippen LogP contribution in [0.1, 0.15) is 110 Å². The van der Waals surface area contributed by atoms with Crippen LogP contribution in [0.5, 0.6) is 0 Å². The second-order valence-corrected chi connectivity index (χ2v) is 7.85. The van der Waals surface area contributed by atoms with E-state index in [9.17, 15) is 13.0 Å². The van der Waals surface area contributed by atoms with Crippen molar-refractivity contribution in [3.05, 3.63) is 0 Å². The third kappa shape index (κ3) is 22.9. The van der Waals surface area contributed by atoms with E-state index in [2.05, 4.69) is 11.1 Å². The molecule has 0 amide bonds. The van der Waals surface area contributed by atoms with Gasteiger partial charge in [-0.1, -0.05) is 97.3 Å². The zero-order chi connectivity index (χ0) is 18.8. The minimum absolute atomic E-state index is 0. The molecule has 0 aromatic rings. The summed E-state index contributed by atoms with van der Waals surface area (Å²) >= 11 is 0. The van der Waals surface area contributed by atoms with Crippen LogP contribution in [-0.4, -0.2) is 25.9 Å². The Balaban J connectivity index is 0. The zero-order valence-corrected chi connectivity index (χ0v) is 20.2. The summed E-state index contributed by atoms with van der Waals surface area (Å²) < 4.78 is 41.6. The molecule has 0 heterocycles. The second-order valence-electron chi connectivity index (χ2n) is 6.84. The van der Waals surface area contributed by atoms with Gasteiger partial charge in [0.2, 0.25) is 10.4 Å². The Kier molecular flexibility index (Phi) is 23.0. The minimum Gasteiger partial charge on any atom is -0.725 e. The van der Waals surface area contributed by atoms with E-state index in [1.54, 1.807) is 0 Å². The number of ether oxygens (including phenoxy) is 1. The van der Waals surface area contributed by atoms with Gasteiger partial charge in [-0.25, -0.2) is 12.6 Å². The van der Waals surface area contributed by atoms with Crippen molar-refractivity contribution in [3.8, 4) is 0 Å². The summed E-state index contributed by atoms with van der Waals surface area (Å²) in [5, 5.41) is 0. The maximum atomic E-state index is 10.6. The van der Waals surface area contributed by atoms with Crippen LogP contribution in [0.3, 0.4) is 0 Å². The van der Waals surface area contributed by atoms with Crippen molar-refractivity contribution in [1.82, 2.24) is 0 Å². The van der Waals surface area contributed by atoms with Gasteiger partial charge in [-0.3, -0.25) is 0 Å². The van der Waals surface area contributed by atoms with Gasteiger partial charge < -0.3 is 9.29 Å². The first-order valence-corrected chi connectivity index (χ1v) is 11.6. The molecule has 0 saturated heterocycles. The Labute approximate surface area is 184 Å². The topological polar surface area (TPSA) is 75.7 Å². The molecule has 1 unspecified atom stereocenters. The second kappa shape index (κ2) is 20.6. The van der Waals surface area contributed by atoms with Crippen molar-refractivity contribution in [3.63, 3.8) is 0 Å². The van der Waals surface area contributed by atoms with Gasteiger partial charge in [-0.15, -0.1) is 0 Å². The summed E-state index contributed by atoms with van der Waals surface area (Å²) in [6, 6.07) is 0. The van der Waals surface area contributed by atoms with E-state index in [0.717, 1.165) is 12.8 Å². The van der Waals surface area contributed by atoms with E-state index < -0.39 is 16.7 Å². The number of rotatable bonds is 19. The summed E-state index contributed by atoms with van der Waals surface area (Å²) in [6.45, 7) is 4.58. The first kappa shape index (κ1) is 29.0. The maximum absolute atomic E-state index is 10.6. The van der Waals surface area contributed by atoms with Crippen molar-refractivity contribution in [2.75, 3.05) is 6.61 Å². The summed E-state index contributed by atoms with van der Waals surface area (Å²) in [5.41, 5.74) is 0. The van der Waals surface area contributed by atoms with Gasteiger partial charge in [-0.2, -0.15) is 0 Å². The average molecular weight is 403 g/mol. The van der Waals surface area contributed by atoms with Gasteiger partial charge in [0.1, 0.15) is 0 Å². The Bertz CT molecular complexity index is 376. The number of hydrogen-bond acceptors (Lipinski definition) is 5. The van der Waals surface area contributed by atoms with Gasteiger partial charge in [0.05, 0.1) is 0 Å². The van der Waals surface area contributed by atoms with E-state index in [4.69, 9.17) is 4.74 Å². The minimum atomic E-state index is -4.69. The van der Waals surface area contributed by atoms with Crippen LogP contribution in [0, 0.1) is 0 Å². The van der Waals surface area contributed by atoms with Crippen LogP contribution in [0.15, 0.2) is 0 Å². The van der Waals surface area contributed by atoms with Gasteiger partial charge in [0, 0.05) is 6.61 Å². The summed E-state index contributed by atoms with van der Waals surface area (Å²) in [6.07, 6.45) is 16.8. The van der Waals surface area contributed by atoms with Gasteiger partial charge in [0.25, 0.3) is 0 Å². The molecule has 0 aromatic heterocycles. The van der Waals surface area contributed by atoms with Crippen LogP contribution in [0.4, 0.5) is 0 Å². The Morgan fingerprint density at radius 2 is 1.15 bits per heavy atom. The molecule has 0 saturated carbocycles. The Hall–Kier alpha value is 0.830. The van der Waals surface area contributed by atoms with Crippen molar-refractivity contribution < 1.29 is 51.4 Å². The maximum Gasteiger partial charge on any atom is 1.00 e. The fourth-order valence-electron chi connectivity index (χ4n) is 2.86. The molecule has 0 spiro atoms. The number of unbranched alkanes of at least 4 members (excludes halogenated alkanes) is 12. The smallest absolute Gasteiger partial charge is 0.725 e. The molecule has 152 valence electrons. The van der Waals surface area contributed by atoms with E-state index in [1.165, 1.54) is 70.6 Å². The monoisotopic (exact) mass is 402 g/mol. The molecule has 0 bridgehead atoms. The molecule has 0 fully saturated rings. The molecule has 0 aliphatic heterocycles. The van der Waals surface area contributed by atoms with E-state index in [0.29, 0.717) is 19.4 Å². The molecule has 0 N–H and O–H groups in total. The quantitative estimate of drug-likeness (QED) is 0.109. The van der Waals surface area contributed by atoms with Crippen molar-refractivity contribution in [2.45, 2.75) is 116 Å². The Morgan fingerprint density at radius 1 is 0.731 bits per heavy atom. The average Bonchev–Trinajstić information content (AvgIpc) is 2.54. The summed E-state index contributed by atoms with van der Waals surface area (Å²) in [4.78, 5) is 0. The molecule has 0 aliphatic carbocycles. The molecule has 5 nitrogen and oxygen atoms in total. The largest absolute Gasteiger partial charge is 1.00 e.